The molecule has 2 heterocycles. The molecule has 0 bridgehead atoms. The van der Waals surface area contributed by atoms with Crippen molar-refractivity contribution in [1.82, 2.24) is 9.55 Å². The monoisotopic (exact) mass is 479 g/mol. The fourth-order valence-corrected chi connectivity index (χ4v) is 5.12. The molecule has 0 N–H and O–H groups in total. The second kappa shape index (κ2) is 8.65. The van der Waals surface area contributed by atoms with Gasteiger partial charge in [-0.1, -0.05) is 103 Å². The van der Waals surface area contributed by atoms with Crippen molar-refractivity contribution in [2.45, 2.75) is 6.85 Å². The predicted molar refractivity (Wildman–Crippen MR) is 152 cm³/mol. The minimum Gasteiger partial charge on any atom is -0.464 e. The number of aromatic nitrogens is 2. The van der Waals surface area contributed by atoms with E-state index in [1.165, 1.54) is 0 Å². The zero-order valence-electron chi connectivity index (χ0n) is 22.9. The Kier molecular flexibility index (Phi) is 4.30. The number of nitrogens with zero attached hydrogens (tertiary/aromatic N) is 2. The highest BCUT2D eigenvalue weighted by Gasteiger charge is 2.23. The van der Waals surface area contributed by atoms with E-state index in [9.17, 15) is 0 Å². The lowest BCUT2D eigenvalue weighted by Crippen LogP contribution is -2.03. The van der Waals surface area contributed by atoms with Crippen LogP contribution in [-0.2, 0) is 0 Å². The number of hydrogen-bond donors (Lipinski definition) is 0. The average Bonchev–Trinajstić information content (AvgIpc) is 3.58. The van der Waals surface area contributed by atoms with Crippen LogP contribution in [0, 0.1) is 6.85 Å². The number of hydrogen-bond acceptors (Lipinski definition) is 2. The Morgan fingerprint density at radius 3 is 2.05 bits per heavy atom. The highest BCUT2D eigenvalue weighted by molar-refractivity contribution is 5.98. The number of imidazole rings is 1. The summed E-state index contributed by atoms with van der Waals surface area (Å²) in [6.07, 6.45) is 1.68. The van der Waals surface area contributed by atoms with Crippen molar-refractivity contribution in [2.24, 2.45) is 0 Å². The van der Waals surface area contributed by atoms with Crippen LogP contribution in [0.4, 0.5) is 0 Å². The first kappa shape index (κ1) is 18.4. The van der Waals surface area contributed by atoms with Crippen LogP contribution >= 0.6 is 0 Å². The summed E-state index contributed by atoms with van der Waals surface area (Å²) in [5.41, 5.74) is 8.73. The van der Waals surface area contributed by atoms with E-state index < -0.39 is 6.85 Å². The van der Waals surface area contributed by atoms with Crippen LogP contribution in [0.1, 0.15) is 9.68 Å². The Hall–Kier alpha value is -4.89. The van der Waals surface area contributed by atoms with Gasteiger partial charge < -0.3 is 4.42 Å². The maximum absolute atomic E-state index is 7.82. The summed E-state index contributed by atoms with van der Waals surface area (Å²) < 4.78 is 31.6. The van der Waals surface area contributed by atoms with Gasteiger partial charge >= 0.3 is 0 Å². The molecule has 7 aromatic rings. The first-order valence-corrected chi connectivity index (χ1v) is 12.2. The fraction of sp³-hybridized carbons (Fsp3) is 0.0294. The van der Waals surface area contributed by atoms with Gasteiger partial charge in [-0.3, -0.25) is 4.57 Å². The Balaban J connectivity index is 1.58. The molecule has 0 atom stereocenters. The molecule has 0 fully saturated rings. The molecule has 0 saturated carbocycles. The van der Waals surface area contributed by atoms with E-state index in [1.807, 2.05) is 60.7 Å². The van der Waals surface area contributed by atoms with Crippen molar-refractivity contribution >= 4 is 22.0 Å². The summed E-state index contributed by atoms with van der Waals surface area (Å²) in [6, 6.07) is 40.3. The summed E-state index contributed by atoms with van der Waals surface area (Å²) >= 11 is 0. The van der Waals surface area contributed by atoms with Gasteiger partial charge in [0.05, 0.1) is 22.3 Å². The molecule has 3 heteroatoms. The maximum Gasteiger partial charge on any atom is 0.149 e. The van der Waals surface area contributed by atoms with E-state index in [1.54, 1.807) is 18.4 Å². The average molecular weight is 480 g/mol. The van der Waals surface area contributed by atoms with Gasteiger partial charge in [-0.25, -0.2) is 4.98 Å². The fourth-order valence-electron chi connectivity index (χ4n) is 5.12. The normalized spacial score (nSPS) is 12.9. The van der Waals surface area contributed by atoms with Gasteiger partial charge in [-0.05, 0) is 41.7 Å². The largest absolute Gasteiger partial charge is 0.464 e. The van der Waals surface area contributed by atoms with E-state index in [0.29, 0.717) is 5.58 Å². The molecule has 7 rings (SSSR count). The predicted octanol–water partition coefficient (Wildman–Crippen LogP) is 9.08. The van der Waals surface area contributed by atoms with Crippen molar-refractivity contribution in [3.05, 3.63) is 133 Å². The molecule has 0 spiro atoms. The topological polar surface area (TPSA) is 31.0 Å². The Bertz CT molecular complexity index is 1930. The van der Waals surface area contributed by atoms with Gasteiger partial charge in [0.2, 0.25) is 0 Å². The van der Waals surface area contributed by atoms with Gasteiger partial charge in [0.1, 0.15) is 17.7 Å². The maximum atomic E-state index is 7.82. The van der Waals surface area contributed by atoms with Crippen LogP contribution < -0.4 is 0 Å². The second-order valence-electron chi connectivity index (χ2n) is 9.05. The molecular weight excluding hydrogens is 452 g/mol. The minimum absolute atomic E-state index is 0.246. The van der Waals surface area contributed by atoms with Crippen LogP contribution in [0.5, 0.6) is 0 Å². The molecule has 0 radical (unpaired) electrons. The zero-order valence-corrected chi connectivity index (χ0v) is 19.9. The van der Waals surface area contributed by atoms with Gasteiger partial charge in [0, 0.05) is 20.6 Å². The van der Waals surface area contributed by atoms with Crippen molar-refractivity contribution in [2.75, 3.05) is 0 Å². The highest BCUT2D eigenvalue weighted by Crippen LogP contribution is 2.41. The highest BCUT2D eigenvalue weighted by atomic mass is 16.3. The molecular formula is C34H24N2O. The third-order valence-electron chi connectivity index (χ3n) is 6.81. The summed E-state index contributed by atoms with van der Waals surface area (Å²) in [5.74, 6) is 0.724. The smallest absolute Gasteiger partial charge is 0.149 e. The van der Waals surface area contributed by atoms with E-state index in [4.69, 9.17) is 13.5 Å². The van der Waals surface area contributed by atoms with Crippen LogP contribution in [0.15, 0.2) is 132 Å². The Labute approximate surface area is 219 Å². The third-order valence-corrected chi connectivity index (χ3v) is 6.81. The van der Waals surface area contributed by atoms with Crippen LogP contribution in [-0.4, -0.2) is 9.55 Å². The lowest BCUT2D eigenvalue weighted by molar-refractivity contribution is 0.616. The minimum atomic E-state index is -2.21. The number of benzene rings is 5. The first-order valence-electron chi connectivity index (χ1n) is 13.7. The standard InChI is InChI=1S/C34H24N2O/c1-23-19-20-28-29(22-37-32(28)21-23)34-35-30-17-8-9-18-31(30)36(34)33-26(24-11-4-2-5-12-24)15-10-16-27(33)25-13-6-3-7-14-25/h2-22H,1H3/i1D3. The molecule has 0 aliphatic heterocycles. The number of fused-ring (bicyclic) bond motifs is 2. The van der Waals surface area contributed by atoms with Crippen LogP contribution in [0.3, 0.4) is 0 Å². The SMILES string of the molecule is [2H]C([2H])([2H])c1ccc2c(-c3nc4ccccc4n3-c3c(-c4ccccc4)cccc3-c3ccccc3)coc2c1. The molecule has 0 unspecified atom stereocenters. The van der Waals surface area contributed by atoms with Crippen molar-refractivity contribution in [3.8, 4) is 39.3 Å². The molecule has 3 nitrogen and oxygen atoms in total. The number of furan rings is 1. The van der Waals surface area contributed by atoms with Gasteiger partial charge in [0.25, 0.3) is 0 Å². The first-order chi connectivity index (χ1) is 19.5. The molecule has 5 aromatic carbocycles. The summed E-state index contributed by atoms with van der Waals surface area (Å²) in [4.78, 5) is 5.11. The Morgan fingerprint density at radius 2 is 1.35 bits per heavy atom. The molecule has 0 amide bonds. The van der Waals surface area contributed by atoms with E-state index in [-0.39, 0.29) is 5.56 Å². The quantitative estimate of drug-likeness (QED) is 0.252. The number of para-hydroxylation sites is 3. The summed E-state index contributed by atoms with van der Waals surface area (Å²) in [6.45, 7) is -2.21. The zero-order chi connectivity index (χ0) is 27.3. The molecule has 37 heavy (non-hydrogen) atoms. The van der Waals surface area contributed by atoms with Crippen molar-refractivity contribution in [1.29, 1.82) is 0 Å². The Morgan fingerprint density at radius 1 is 0.676 bits per heavy atom. The van der Waals surface area contributed by atoms with Crippen LogP contribution in [0.25, 0.3) is 61.3 Å². The summed E-state index contributed by atoms with van der Waals surface area (Å²) in [7, 11) is 0. The van der Waals surface area contributed by atoms with Crippen molar-refractivity contribution < 1.29 is 8.53 Å². The van der Waals surface area contributed by atoms with E-state index in [0.717, 1.165) is 55.7 Å². The molecule has 0 aliphatic carbocycles. The molecule has 0 aliphatic rings. The van der Waals surface area contributed by atoms with Gasteiger partial charge in [0.15, 0.2) is 0 Å². The number of aryl methyl sites for hydroxylation is 1. The van der Waals surface area contributed by atoms with Gasteiger partial charge in [-0.2, -0.15) is 0 Å². The molecule has 2 aromatic heterocycles. The molecule has 176 valence electrons. The van der Waals surface area contributed by atoms with Crippen LogP contribution in [0.2, 0.25) is 0 Å². The molecule has 0 saturated heterocycles. The third kappa shape index (κ3) is 3.56. The van der Waals surface area contributed by atoms with E-state index >= 15 is 0 Å². The number of rotatable bonds is 4. The second-order valence-corrected chi connectivity index (χ2v) is 9.05. The lowest BCUT2D eigenvalue weighted by Gasteiger charge is -2.19. The van der Waals surface area contributed by atoms with Gasteiger partial charge in [-0.15, -0.1) is 0 Å². The lowest BCUT2D eigenvalue weighted by atomic mass is 9.95. The summed E-state index contributed by atoms with van der Waals surface area (Å²) in [5, 5.41) is 0.808. The van der Waals surface area contributed by atoms with E-state index in [2.05, 4.69) is 53.1 Å². The van der Waals surface area contributed by atoms with Crippen molar-refractivity contribution in [3.63, 3.8) is 0 Å².